The van der Waals surface area contributed by atoms with E-state index in [0.717, 1.165) is 16.6 Å². The molecule has 0 unspecified atom stereocenters. The van der Waals surface area contributed by atoms with Crippen LogP contribution in [0.3, 0.4) is 0 Å². The highest BCUT2D eigenvalue weighted by atomic mass is 14.8. The highest BCUT2D eigenvalue weighted by Gasteiger charge is 2.40. The maximum Gasteiger partial charge on any atom is 0.0780 e. The summed E-state index contributed by atoms with van der Waals surface area (Å²) in [4.78, 5) is 9.55. The molecular formula is C22H18N2. The molecule has 0 saturated heterocycles. The molecule has 2 nitrogen and oxygen atoms in total. The van der Waals surface area contributed by atoms with E-state index in [1.54, 1.807) is 0 Å². The van der Waals surface area contributed by atoms with E-state index < -0.39 is 0 Å². The number of pyridine rings is 2. The molecule has 24 heavy (non-hydrogen) atoms. The normalized spacial score (nSPS) is 14.8. The average molecular weight is 310 g/mol. The molecule has 1 aliphatic rings. The van der Waals surface area contributed by atoms with Gasteiger partial charge < -0.3 is 0 Å². The van der Waals surface area contributed by atoms with Gasteiger partial charge in [0.05, 0.1) is 11.2 Å². The second-order valence-corrected chi connectivity index (χ2v) is 7.21. The van der Waals surface area contributed by atoms with Gasteiger partial charge in [0.15, 0.2) is 0 Å². The van der Waals surface area contributed by atoms with Crippen molar-refractivity contribution >= 4 is 21.7 Å². The van der Waals surface area contributed by atoms with E-state index in [0.29, 0.717) is 0 Å². The quantitative estimate of drug-likeness (QED) is 0.435. The van der Waals surface area contributed by atoms with E-state index in [1.165, 1.54) is 33.0 Å². The van der Waals surface area contributed by atoms with Crippen molar-refractivity contribution in [2.45, 2.75) is 26.2 Å². The summed E-state index contributed by atoms with van der Waals surface area (Å²) < 4.78 is 0. The van der Waals surface area contributed by atoms with Gasteiger partial charge >= 0.3 is 0 Å². The Morgan fingerprint density at radius 2 is 1.67 bits per heavy atom. The molecule has 2 heterocycles. The Labute approximate surface area is 141 Å². The third-order valence-electron chi connectivity index (χ3n) is 5.38. The highest BCUT2D eigenvalue weighted by molar-refractivity contribution is 6.01. The minimum Gasteiger partial charge on any atom is -0.256 e. The first-order chi connectivity index (χ1) is 11.6. The van der Waals surface area contributed by atoms with E-state index in [-0.39, 0.29) is 5.41 Å². The van der Waals surface area contributed by atoms with Crippen molar-refractivity contribution in [1.82, 2.24) is 9.97 Å². The number of hydrogen-bond donors (Lipinski definition) is 0. The molecule has 0 bridgehead atoms. The van der Waals surface area contributed by atoms with Crippen molar-refractivity contribution in [3.8, 4) is 11.3 Å². The molecule has 5 rings (SSSR count). The number of rotatable bonds is 0. The largest absolute Gasteiger partial charge is 0.256 e. The van der Waals surface area contributed by atoms with Crippen LogP contribution in [-0.2, 0) is 5.41 Å². The van der Waals surface area contributed by atoms with E-state index in [1.807, 2.05) is 18.5 Å². The number of hydrogen-bond acceptors (Lipinski definition) is 2. The van der Waals surface area contributed by atoms with Crippen molar-refractivity contribution < 1.29 is 0 Å². The molecule has 116 valence electrons. The number of fused-ring (bicyclic) bond motifs is 7. The molecule has 2 aromatic heterocycles. The third-order valence-corrected chi connectivity index (χ3v) is 5.38. The Balaban J connectivity index is 2.02. The zero-order valence-corrected chi connectivity index (χ0v) is 14.1. The zero-order valence-electron chi connectivity index (χ0n) is 14.1. The molecule has 4 aromatic rings. The maximum absolute atomic E-state index is 4.85. The zero-order chi connectivity index (χ0) is 16.5. The van der Waals surface area contributed by atoms with Crippen LogP contribution in [0.25, 0.3) is 32.9 Å². The monoisotopic (exact) mass is 310 g/mol. The van der Waals surface area contributed by atoms with Gasteiger partial charge in [-0.2, -0.15) is 0 Å². The van der Waals surface area contributed by atoms with Crippen LogP contribution in [0, 0.1) is 6.92 Å². The summed E-state index contributed by atoms with van der Waals surface area (Å²) in [7, 11) is 0. The van der Waals surface area contributed by atoms with Crippen LogP contribution in [-0.4, -0.2) is 9.97 Å². The van der Waals surface area contributed by atoms with Gasteiger partial charge in [-0.05, 0) is 41.0 Å². The van der Waals surface area contributed by atoms with E-state index in [2.05, 4.69) is 57.2 Å². The maximum atomic E-state index is 4.85. The summed E-state index contributed by atoms with van der Waals surface area (Å²) in [6.45, 7) is 6.81. The van der Waals surface area contributed by atoms with Crippen LogP contribution in [0.2, 0.25) is 0 Å². The first-order valence-electron chi connectivity index (χ1n) is 8.36. The lowest BCUT2D eigenvalue weighted by molar-refractivity contribution is 0.669. The summed E-state index contributed by atoms with van der Waals surface area (Å²) in [5.74, 6) is 0. The lowest BCUT2D eigenvalue weighted by Gasteiger charge is -2.24. The van der Waals surface area contributed by atoms with Crippen molar-refractivity contribution in [3.63, 3.8) is 0 Å². The molecule has 2 aromatic carbocycles. The fraction of sp³-hybridized carbons (Fsp3) is 0.182. The lowest BCUT2D eigenvalue weighted by atomic mass is 9.79. The summed E-state index contributed by atoms with van der Waals surface area (Å²) in [5.41, 5.74) is 7.29. The van der Waals surface area contributed by atoms with Crippen LogP contribution in [0.15, 0.2) is 54.9 Å². The summed E-state index contributed by atoms with van der Waals surface area (Å²) in [6.07, 6.45) is 3.84. The Kier molecular flexibility index (Phi) is 2.52. The van der Waals surface area contributed by atoms with Gasteiger partial charge in [0.25, 0.3) is 0 Å². The predicted octanol–water partition coefficient (Wildman–Crippen LogP) is 5.40. The molecule has 0 radical (unpaired) electrons. The molecule has 0 spiro atoms. The molecule has 2 heteroatoms. The predicted molar refractivity (Wildman–Crippen MR) is 99.3 cm³/mol. The number of aryl methyl sites for hydroxylation is 1. The third kappa shape index (κ3) is 1.56. The standard InChI is InChI=1S/C22H18N2/c1-13-11-14-7-4-5-9-16(14)18-17(13)21-19(22(18,2)3)20-15(12-24-21)8-6-10-23-20/h4-12H,1-3H3. The fourth-order valence-corrected chi connectivity index (χ4v) is 4.39. The number of benzene rings is 2. The van der Waals surface area contributed by atoms with E-state index in [9.17, 15) is 0 Å². The molecular weight excluding hydrogens is 292 g/mol. The molecule has 0 aliphatic heterocycles. The average Bonchev–Trinajstić information content (AvgIpc) is 2.84. The lowest BCUT2D eigenvalue weighted by Crippen LogP contribution is -2.16. The summed E-state index contributed by atoms with van der Waals surface area (Å²) in [6, 6.07) is 15.0. The topological polar surface area (TPSA) is 25.8 Å². The molecule has 0 saturated carbocycles. The molecule has 0 atom stereocenters. The van der Waals surface area contributed by atoms with Crippen molar-refractivity contribution in [1.29, 1.82) is 0 Å². The summed E-state index contributed by atoms with van der Waals surface area (Å²) >= 11 is 0. The molecule has 0 amide bonds. The molecule has 1 aliphatic carbocycles. The Hall–Kier alpha value is -2.74. The van der Waals surface area contributed by atoms with Gasteiger partial charge in [-0.1, -0.05) is 44.2 Å². The van der Waals surface area contributed by atoms with Crippen LogP contribution in [0.5, 0.6) is 0 Å². The highest BCUT2D eigenvalue weighted by Crippen LogP contribution is 2.53. The van der Waals surface area contributed by atoms with E-state index in [4.69, 9.17) is 9.97 Å². The minimum atomic E-state index is -0.114. The number of aromatic nitrogens is 2. The number of nitrogens with zero attached hydrogens (tertiary/aromatic N) is 2. The van der Waals surface area contributed by atoms with Gasteiger partial charge in [-0.15, -0.1) is 0 Å². The Morgan fingerprint density at radius 3 is 2.54 bits per heavy atom. The Bertz CT molecular complexity index is 1140. The first-order valence-corrected chi connectivity index (χ1v) is 8.36. The Morgan fingerprint density at radius 1 is 0.875 bits per heavy atom. The smallest absolute Gasteiger partial charge is 0.0780 e. The van der Waals surface area contributed by atoms with Gasteiger partial charge in [-0.25, -0.2) is 0 Å². The van der Waals surface area contributed by atoms with Crippen LogP contribution in [0.1, 0.15) is 30.5 Å². The van der Waals surface area contributed by atoms with Gasteiger partial charge in [0.1, 0.15) is 0 Å². The van der Waals surface area contributed by atoms with Gasteiger partial charge in [0, 0.05) is 34.3 Å². The van der Waals surface area contributed by atoms with Crippen molar-refractivity contribution in [2.75, 3.05) is 0 Å². The molecule has 0 fully saturated rings. The molecule has 0 N–H and O–H groups in total. The minimum absolute atomic E-state index is 0.114. The fourth-order valence-electron chi connectivity index (χ4n) is 4.39. The van der Waals surface area contributed by atoms with Crippen LogP contribution in [0.4, 0.5) is 0 Å². The summed E-state index contributed by atoms with van der Waals surface area (Å²) in [5, 5.41) is 3.73. The second-order valence-electron chi connectivity index (χ2n) is 7.21. The van der Waals surface area contributed by atoms with Crippen LogP contribution < -0.4 is 0 Å². The van der Waals surface area contributed by atoms with Gasteiger partial charge in [0.2, 0.25) is 0 Å². The van der Waals surface area contributed by atoms with Crippen molar-refractivity contribution in [3.05, 3.63) is 71.5 Å². The second kappa shape index (κ2) is 4.41. The van der Waals surface area contributed by atoms with Crippen molar-refractivity contribution in [2.24, 2.45) is 0 Å². The first kappa shape index (κ1) is 13.7. The van der Waals surface area contributed by atoms with Crippen LogP contribution >= 0.6 is 0 Å². The van der Waals surface area contributed by atoms with Gasteiger partial charge in [-0.3, -0.25) is 9.97 Å². The SMILES string of the molecule is Cc1cc2ccccc2c2c1-c1ncc3cccnc3c1C2(C)C. The van der Waals surface area contributed by atoms with E-state index >= 15 is 0 Å².